The van der Waals surface area contributed by atoms with Crippen LogP contribution in [-0.2, 0) is 33.3 Å². The molecular weight excluding hydrogens is 576 g/mol. The predicted octanol–water partition coefficient (Wildman–Crippen LogP) is 2.26. The Labute approximate surface area is 255 Å². The number of benzene rings is 1. The highest BCUT2D eigenvalue weighted by Crippen LogP contribution is 2.65. The van der Waals surface area contributed by atoms with Gasteiger partial charge in [-0.25, -0.2) is 9.59 Å². The van der Waals surface area contributed by atoms with Crippen LogP contribution in [0.4, 0.5) is 4.79 Å². The molecule has 12 heteroatoms. The van der Waals surface area contributed by atoms with Gasteiger partial charge in [0.25, 0.3) is 0 Å². The molecule has 5 rings (SSSR count). The molecule has 0 radical (unpaired) electrons. The maximum Gasteiger partial charge on any atom is 0.508 e. The van der Waals surface area contributed by atoms with E-state index < -0.39 is 88.3 Å². The molecular formula is C32H40O12. The highest BCUT2D eigenvalue weighted by Gasteiger charge is 2.79. The number of Topliss-reactive ketones (excluding diaryl/α,β-unsaturated/α-hetero) is 1. The van der Waals surface area contributed by atoms with E-state index in [1.54, 1.807) is 39.0 Å². The maximum atomic E-state index is 14.9. The number of carbonyl (C=O) groups excluding carboxylic acids is 4. The molecule has 3 fully saturated rings. The van der Waals surface area contributed by atoms with Crippen molar-refractivity contribution in [1.29, 1.82) is 0 Å². The number of methoxy groups -OCH3 is 1. The number of carbonyl (C=O) groups is 4. The van der Waals surface area contributed by atoms with Gasteiger partial charge in [-0.15, -0.1) is 0 Å². The van der Waals surface area contributed by atoms with Crippen molar-refractivity contribution in [3.05, 3.63) is 47.0 Å². The van der Waals surface area contributed by atoms with Gasteiger partial charge in [0.05, 0.1) is 42.3 Å². The number of aliphatic hydroxyl groups is 3. The second-order valence-corrected chi connectivity index (χ2v) is 13.4. The summed E-state index contributed by atoms with van der Waals surface area (Å²) >= 11 is 0. The van der Waals surface area contributed by atoms with Gasteiger partial charge in [-0.1, -0.05) is 32.0 Å². The van der Waals surface area contributed by atoms with Gasteiger partial charge in [0.2, 0.25) is 0 Å². The number of ketones is 1. The first-order valence-electron chi connectivity index (χ1n) is 14.6. The van der Waals surface area contributed by atoms with Crippen molar-refractivity contribution in [2.45, 2.75) is 95.6 Å². The minimum Gasteiger partial charge on any atom is -0.455 e. The SMILES string of the molecule is COC(=O)O[C@@]12CO[C@@H]1C[C@H](O)[C@@]1(C)C(=O)[C@H](OC(C)=O)C3=C(C)[C@](C)(O)C[C@@](O)([C@@H](OC(=O)c4ccccc4)C12)C3(C)C. The Bertz CT molecular complexity index is 1420. The molecule has 3 aliphatic carbocycles. The van der Waals surface area contributed by atoms with Crippen molar-refractivity contribution in [3.63, 3.8) is 0 Å². The standard InChI is InChI=1S/C32H40O12/c1-16-21-22(42-17(2)33)24(35)30(6)19(34)13-20-31(15-41-20,44-27(37)40-7)23(30)25(43-26(36)18-11-9-8-10-12-18)32(39,28(21,3)4)14-29(16,5)38/h8-12,19-20,22-23,25,34,38-39H,13-15H2,1-7H3/t19-,20+,22+,23?,25-,29+,30+,31-,32+/m0/s1. The van der Waals surface area contributed by atoms with Crippen molar-refractivity contribution in [2.75, 3.05) is 13.7 Å². The van der Waals surface area contributed by atoms with Gasteiger partial charge in [0, 0.05) is 25.2 Å². The van der Waals surface area contributed by atoms with Crippen molar-refractivity contribution >= 4 is 23.9 Å². The summed E-state index contributed by atoms with van der Waals surface area (Å²) in [6.07, 6.45) is -7.46. The third kappa shape index (κ3) is 4.33. The Kier molecular flexibility index (Phi) is 7.56. The number of hydrogen-bond acceptors (Lipinski definition) is 12. The molecule has 2 bridgehead atoms. The Morgan fingerprint density at radius 1 is 1.02 bits per heavy atom. The molecule has 240 valence electrons. The van der Waals surface area contributed by atoms with E-state index >= 15 is 0 Å². The second-order valence-electron chi connectivity index (χ2n) is 13.4. The summed E-state index contributed by atoms with van der Waals surface area (Å²) in [5.41, 5.74) is -8.59. The molecule has 2 saturated carbocycles. The second kappa shape index (κ2) is 10.4. The Morgan fingerprint density at radius 3 is 2.20 bits per heavy atom. The molecule has 9 atom stereocenters. The van der Waals surface area contributed by atoms with Crippen LogP contribution >= 0.6 is 0 Å². The van der Waals surface area contributed by atoms with Gasteiger partial charge < -0.3 is 39.0 Å². The monoisotopic (exact) mass is 616 g/mol. The van der Waals surface area contributed by atoms with E-state index in [9.17, 15) is 34.5 Å². The lowest BCUT2D eigenvalue weighted by Crippen LogP contribution is -2.82. The average Bonchev–Trinajstić information content (AvgIpc) is 2.94. The van der Waals surface area contributed by atoms with E-state index in [1.807, 2.05) is 0 Å². The number of fused-ring (bicyclic) bond motifs is 5. The van der Waals surface area contributed by atoms with Gasteiger partial charge >= 0.3 is 18.1 Å². The van der Waals surface area contributed by atoms with E-state index in [1.165, 1.54) is 26.0 Å². The molecule has 1 aliphatic heterocycles. The Balaban J connectivity index is 1.86. The van der Waals surface area contributed by atoms with E-state index in [0.717, 1.165) is 14.0 Å². The lowest BCUT2D eigenvalue weighted by Gasteiger charge is -2.67. The largest absolute Gasteiger partial charge is 0.508 e. The van der Waals surface area contributed by atoms with Crippen LogP contribution in [0.5, 0.6) is 0 Å². The van der Waals surface area contributed by atoms with E-state index in [4.69, 9.17) is 23.7 Å². The lowest BCUT2D eigenvalue weighted by molar-refractivity contribution is -0.345. The number of hydrogen-bond donors (Lipinski definition) is 3. The van der Waals surface area contributed by atoms with Crippen molar-refractivity contribution in [3.8, 4) is 0 Å². The van der Waals surface area contributed by atoms with Gasteiger partial charge in [-0.3, -0.25) is 9.59 Å². The normalized spacial score (nSPS) is 40.7. The van der Waals surface area contributed by atoms with E-state index in [0.29, 0.717) is 0 Å². The summed E-state index contributed by atoms with van der Waals surface area (Å²) in [7, 11) is 1.10. The maximum absolute atomic E-state index is 14.9. The summed E-state index contributed by atoms with van der Waals surface area (Å²) in [4.78, 5) is 54.0. The van der Waals surface area contributed by atoms with Crippen LogP contribution in [0.25, 0.3) is 0 Å². The van der Waals surface area contributed by atoms with E-state index in [-0.39, 0.29) is 29.7 Å². The topological polar surface area (TPSA) is 175 Å². The minimum atomic E-state index is -2.19. The minimum absolute atomic E-state index is 0.124. The van der Waals surface area contributed by atoms with Crippen molar-refractivity contribution in [1.82, 2.24) is 0 Å². The predicted molar refractivity (Wildman–Crippen MR) is 151 cm³/mol. The Hall–Kier alpha value is -3.32. The number of ether oxygens (including phenoxy) is 5. The van der Waals surface area contributed by atoms with Crippen LogP contribution in [-0.4, -0.2) is 94.1 Å². The van der Waals surface area contributed by atoms with Crippen LogP contribution in [0.3, 0.4) is 0 Å². The fourth-order valence-electron chi connectivity index (χ4n) is 8.07. The first-order chi connectivity index (χ1) is 20.4. The molecule has 0 amide bonds. The molecule has 1 saturated heterocycles. The zero-order chi connectivity index (χ0) is 32.6. The van der Waals surface area contributed by atoms with Gasteiger partial charge in [0.1, 0.15) is 17.8 Å². The third-order valence-corrected chi connectivity index (χ3v) is 10.7. The summed E-state index contributed by atoms with van der Waals surface area (Å²) in [5.74, 6) is -3.90. The highest BCUT2D eigenvalue weighted by molar-refractivity contribution is 5.95. The average molecular weight is 617 g/mol. The quantitative estimate of drug-likeness (QED) is 0.256. The van der Waals surface area contributed by atoms with Crippen LogP contribution in [0.2, 0.25) is 0 Å². The molecule has 0 aromatic heterocycles. The van der Waals surface area contributed by atoms with Crippen LogP contribution in [0.15, 0.2) is 41.5 Å². The molecule has 1 aromatic carbocycles. The fraction of sp³-hybridized carbons (Fsp3) is 0.625. The lowest BCUT2D eigenvalue weighted by atomic mass is 9.44. The van der Waals surface area contributed by atoms with E-state index in [2.05, 4.69) is 0 Å². The Morgan fingerprint density at radius 2 is 1.66 bits per heavy atom. The van der Waals surface area contributed by atoms with Crippen LogP contribution < -0.4 is 0 Å². The molecule has 1 heterocycles. The summed E-state index contributed by atoms with van der Waals surface area (Å²) in [5, 5.41) is 36.6. The number of esters is 2. The molecule has 1 aromatic rings. The van der Waals surface area contributed by atoms with Crippen molar-refractivity contribution < 1.29 is 58.2 Å². The first kappa shape index (κ1) is 32.1. The molecule has 12 nitrogen and oxygen atoms in total. The smallest absolute Gasteiger partial charge is 0.455 e. The molecule has 1 unspecified atom stereocenters. The number of rotatable bonds is 4. The van der Waals surface area contributed by atoms with Gasteiger partial charge in [-0.2, -0.15) is 0 Å². The molecule has 0 spiro atoms. The summed E-state index contributed by atoms with van der Waals surface area (Å²) in [6.45, 7) is 8.52. The summed E-state index contributed by atoms with van der Waals surface area (Å²) < 4.78 is 28.4. The molecule has 44 heavy (non-hydrogen) atoms. The molecule has 3 N–H and O–H groups in total. The number of aliphatic hydroxyl groups excluding tert-OH is 1. The highest BCUT2D eigenvalue weighted by atomic mass is 16.8. The van der Waals surface area contributed by atoms with Crippen LogP contribution in [0.1, 0.15) is 64.7 Å². The van der Waals surface area contributed by atoms with Gasteiger partial charge in [0.15, 0.2) is 17.5 Å². The van der Waals surface area contributed by atoms with Crippen LogP contribution in [0, 0.1) is 16.7 Å². The fourth-order valence-corrected chi connectivity index (χ4v) is 8.07. The summed E-state index contributed by atoms with van der Waals surface area (Å²) in [6, 6.07) is 7.99. The third-order valence-electron chi connectivity index (χ3n) is 10.7. The first-order valence-corrected chi connectivity index (χ1v) is 14.6. The van der Waals surface area contributed by atoms with Crippen molar-refractivity contribution in [2.24, 2.45) is 16.7 Å². The molecule has 4 aliphatic rings. The zero-order valence-electron chi connectivity index (χ0n) is 25.9. The zero-order valence-corrected chi connectivity index (χ0v) is 25.9. The van der Waals surface area contributed by atoms with Gasteiger partial charge in [-0.05, 0) is 44.1 Å².